The molecule has 1 heterocycles. The predicted molar refractivity (Wildman–Crippen MR) is 73.9 cm³/mol. The van der Waals surface area contributed by atoms with Gasteiger partial charge in [-0.15, -0.1) is 0 Å². The molecule has 2 N–H and O–H groups in total. The molecule has 0 bridgehead atoms. The lowest BCUT2D eigenvalue weighted by Crippen LogP contribution is -2.58. The Bertz CT molecular complexity index is 243. The summed E-state index contributed by atoms with van der Waals surface area (Å²) >= 11 is 0. The Morgan fingerprint density at radius 1 is 1.24 bits per heavy atom. The fraction of sp³-hybridized carbons (Fsp3) is 1.00. The first-order chi connectivity index (χ1) is 8.10. The Hall–Kier alpha value is -0.0800. The molecule has 2 heteroatoms. The van der Waals surface area contributed by atoms with Gasteiger partial charge in [-0.3, -0.25) is 4.90 Å². The van der Waals surface area contributed by atoms with Crippen molar-refractivity contribution in [2.45, 2.75) is 58.4 Å². The van der Waals surface area contributed by atoms with E-state index in [9.17, 15) is 0 Å². The van der Waals surface area contributed by atoms with Crippen molar-refractivity contribution in [2.75, 3.05) is 19.6 Å². The molecule has 2 atom stereocenters. The lowest BCUT2D eigenvalue weighted by atomic mass is 9.81. The van der Waals surface area contributed by atoms with Gasteiger partial charge in [-0.1, -0.05) is 27.2 Å². The molecular weight excluding hydrogens is 208 g/mol. The van der Waals surface area contributed by atoms with Gasteiger partial charge in [0.2, 0.25) is 0 Å². The fourth-order valence-corrected chi connectivity index (χ4v) is 4.14. The van der Waals surface area contributed by atoms with Crippen LogP contribution in [0, 0.1) is 17.8 Å². The van der Waals surface area contributed by atoms with Gasteiger partial charge in [-0.2, -0.15) is 0 Å². The normalized spacial score (nSPS) is 36.9. The van der Waals surface area contributed by atoms with E-state index in [-0.39, 0.29) is 0 Å². The maximum absolute atomic E-state index is 6.14. The van der Waals surface area contributed by atoms with Gasteiger partial charge in [0.05, 0.1) is 0 Å². The summed E-state index contributed by atoms with van der Waals surface area (Å²) in [5.41, 5.74) is 6.49. The molecule has 1 aliphatic heterocycles. The van der Waals surface area contributed by atoms with E-state index in [1.54, 1.807) is 0 Å². The van der Waals surface area contributed by atoms with Crippen LogP contribution in [0.2, 0.25) is 0 Å². The van der Waals surface area contributed by atoms with E-state index in [4.69, 9.17) is 5.73 Å². The van der Waals surface area contributed by atoms with Crippen LogP contribution in [-0.2, 0) is 0 Å². The number of piperidine rings is 1. The number of likely N-dealkylation sites (tertiary alicyclic amines) is 1. The molecule has 0 aromatic carbocycles. The Morgan fingerprint density at radius 2 is 1.88 bits per heavy atom. The minimum atomic E-state index is 0.349. The molecule has 2 nitrogen and oxygen atoms in total. The van der Waals surface area contributed by atoms with Gasteiger partial charge >= 0.3 is 0 Å². The van der Waals surface area contributed by atoms with Crippen molar-refractivity contribution < 1.29 is 0 Å². The number of rotatable bonds is 3. The monoisotopic (exact) mass is 238 g/mol. The van der Waals surface area contributed by atoms with Gasteiger partial charge < -0.3 is 5.73 Å². The van der Waals surface area contributed by atoms with E-state index in [0.29, 0.717) is 5.54 Å². The second kappa shape index (κ2) is 5.27. The van der Waals surface area contributed by atoms with Crippen LogP contribution in [0.25, 0.3) is 0 Å². The molecule has 0 radical (unpaired) electrons. The van der Waals surface area contributed by atoms with Gasteiger partial charge in [-0.05, 0) is 56.5 Å². The molecule has 1 saturated heterocycles. The summed E-state index contributed by atoms with van der Waals surface area (Å²) in [5.74, 6) is 2.59. The van der Waals surface area contributed by atoms with E-state index >= 15 is 0 Å². The molecule has 0 aromatic rings. The van der Waals surface area contributed by atoms with Crippen LogP contribution in [0.3, 0.4) is 0 Å². The van der Waals surface area contributed by atoms with Gasteiger partial charge in [0.1, 0.15) is 0 Å². The van der Waals surface area contributed by atoms with E-state index in [2.05, 4.69) is 25.7 Å². The van der Waals surface area contributed by atoms with Crippen LogP contribution in [0.4, 0.5) is 0 Å². The smallest absolute Gasteiger partial charge is 0.0357 e. The predicted octanol–water partition coefficient (Wildman–Crippen LogP) is 2.87. The van der Waals surface area contributed by atoms with Crippen molar-refractivity contribution in [1.82, 2.24) is 4.90 Å². The quantitative estimate of drug-likeness (QED) is 0.819. The van der Waals surface area contributed by atoms with Gasteiger partial charge in [0.25, 0.3) is 0 Å². The molecule has 0 aromatic heterocycles. The van der Waals surface area contributed by atoms with Crippen molar-refractivity contribution in [3.63, 3.8) is 0 Å². The zero-order valence-corrected chi connectivity index (χ0v) is 11.9. The lowest BCUT2D eigenvalue weighted by molar-refractivity contribution is 0.0242. The van der Waals surface area contributed by atoms with Crippen molar-refractivity contribution in [2.24, 2.45) is 23.5 Å². The largest absolute Gasteiger partial charge is 0.329 e. The van der Waals surface area contributed by atoms with E-state index < -0.39 is 0 Å². The molecule has 2 unspecified atom stereocenters. The molecule has 2 fully saturated rings. The second-order valence-electron chi connectivity index (χ2n) is 6.67. The Labute approximate surface area is 107 Å². The average molecular weight is 238 g/mol. The zero-order valence-electron chi connectivity index (χ0n) is 11.9. The summed E-state index contributed by atoms with van der Waals surface area (Å²) in [6.45, 7) is 10.6. The molecule has 1 saturated carbocycles. The fourth-order valence-electron chi connectivity index (χ4n) is 4.14. The molecule has 0 amide bonds. The minimum Gasteiger partial charge on any atom is -0.329 e. The summed E-state index contributed by atoms with van der Waals surface area (Å²) in [6.07, 6.45) is 6.85. The number of nitrogens with zero attached hydrogens (tertiary/aromatic N) is 1. The highest BCUT2D eigenvalue weighted by atomic mass is 15.2. The van der Waals surface area contributed by atoms with Crippen LogP contribution in [0.15, 0.2) is 0 Å². The first-order valence-corrected chi connectivity index (χ1v) is 7.55. The summed E-state index contributed by atoms with van der Waals surface area (Å²) in [7, 11) is 0. The van der Waals surface area contributed by atoms with Gasteiger partial charge in [0, 0.05) is 12.1 Å². The lowest BCUT2D eigenvalue weighted by Gasteiger charge is -2.48. The van der Waals surface area contributed by atoms with E-state index in [1.165, 1.54) is 45.2 Å². The molecule has 100 valence electrons. The highest BCUT2D eigenvalue weighted by Gasteiger charge is 2.44. The maximum Gasteiger partial charge on any atom is 0.0357 e. The zero-order chi connectivity index (χ0) is 12.5. The third-order valence-corrected chi connectivity index (χ3v) is 5.63. The van der Waals surface area contributed by atoms with E-state index in [0.717, 1.165) is 24.3 Å². The molecule has 0 spiro atoms. The van der Waals surface area contributed by atoms with Crippen molar-refractivity contribution in [1.29, 1.82) is 0 Å². The highest BCUT2D eigenvalue weighted by molar-refractivity contribution is 5.01. The molecular formula is C15H30N2. The van der Waals surface area contributed by atoms with Crippen molar-refractivity contribution in [3.8, 4) is 0 Å². The summed E-state index contributed by atoms with van der Waals surface area (Å²) in [5, 5.41) is 0. The Balaban J connectivity index is 1.99. The van der Waals surface area contributed by atoms with Crippen LogP contribution in [0.1, 0.15) is 52.9 Å². The van der Waals surface area contributed by atoms with Crippen molar-refractivity contribution >= 4 is 0 Å². The molecule has 2 rings (SSSR count). The topological polar surface area (TPSA) is 29.3 Å². The minimum absolute atomic E-state index is 0.349. The number of nitrogens with two attached hydrogens (primary N) is 1. The van der Waals surface area contributed by atoms with Gasteiger partial charge in [0.15, 0.2) is 0 Å². The number of hydrogen-bond acceptors (Lipinski definition) is 2. The average Bonchev–Trinajstić information content (AvgIpc) is 2.71. The molecule has 1 aliphatic carbocycles. The first-order valence-electron chi connectivity index (χ1n) is 7.55. The van der Waals surface area contributed by atoms with Gasteiger partial charge in [-0.25, -0.2) is 0 Å². The molecule has 2 aliphatic rings. The standard InChI is InChI=1S/C15H30N2/c1-12(2)14-6-9-17(10-7-14)15(11-16)8-4-5-13(15)3/h12-14H,4-11,16H2,1-3H3. The summed E-state index contributed by atoms with van der Waals surface area (Å²) in [4.78, 5) is 2.74. The van der Waals surface area contributed by atoms with E-state index in [1.807, 2.05) is 0 Å². The molecule has 17 heavy (non-hydrogen) atoms. The Morgan fingerprint density at radius 3 is 2.29 bits per heavy atom. The maximum atomic E-state index is 6.14. The highest BCUT2D eigenvalue weighted by Crippen LogP contribution is 2.41. The van der Waals surface area contributed by atoms with Crippen LogP contribution >= 0.6 is 0 Å². The van der Waals surface area contributed by atoms with Crippen LogP contribution < -0.4 is 5.73 Å². The van der Waals surface area contributed by atoms with Crippen LogP contribution in [-0.4, -0.2) is 30.1 Å². The Kier molecular flexibility index (Phi) is 4.14. The number of hydrogen-bond donors (Lipinski definition) is 1. The third kappa shape index (κ3) is 2.39. The first kappa shape index (κ1) is 13.4. The summed E-state index contributed by atoms with van der Waals surface area (Å²) in [6, 6.07) is 0. The van der Waals surface area contributed by atoms with Crippen molar-refractivity contribution in [3.05, 3.63) is 0 Å². The SMILES string of the molecule is CC(C)C1CCN(C2(CN)CCCC2C)CC1. The summed E-state index contributed by atoms with van der Waals surface area (Å²) < 4.78 is 0. The van der Waals surface area contributed by atoms with Crippen LogP contribution in [0.5, 0.6) is 0 Å². The third-order valence-electron chi connectivity index (χ3n) is 5.63. The second-order valence-corrected chi connectivity index (χ2v) is 6.67.